The van der Waals surface area contributed by atoms with Crippen LogP contribution in [0.5, 0.6) is 0 Å². The second-order valence-electron chi connectivity index (χ2n) is 7.25. The molecule has 0 bridgehead atoms. The van der Waals surface area contributed by atoms with Crippen LogP contribution in [0.3, 0.4) is 0 Å². The van der Waals surface area contributed by atoms with E-state index < -0.39 is 26.8 Å². The van der Waals surface area contributed by atoms with Crippen molar-refractivity contribution >= 4 is 7.82 Å². The standard InChI is InChI=1S/C23H41O7P/c1-2-3-4-5-6-7-8-9-10-11-12-13-14-15-16-17-18-19-23(25)29-20-22(24)21-30-31(26,27)28/h6-7,9-10,12-13,15-16,22-25H,2-5,8,11,14,17-21H2,1H3,(H2,26,27,28)/b7-6-,10-9-,13-12-,16-15-/t22-,23+/m1/s1. The molecule has 0 aliphatic rings. The maximum Gasteiger partial charge on any atom is 0.469 e. The number of phosphoric acid groups is 1. The minimum absolute atomic E-state index is 0.258. The van der Waals surface area contributed by atoms with Crippen molar-refractivity contribution in [2.45, 2.75) is 83.5 Å². The molecule has 0 radical (unpaired) electrons. The summed E-state index contributed by atoms with van der Waals surface area (Å²) in [6, 6.07) is 0. The number of hydrogen-bond acceptors (Lipinski definition) is 5. The third-order valence-electron chi connectivity index (χ3n) is 4.20. The van der Waals surface area contributed by atoms with Crippen molar-refractivity contribution in [2.75, 3.05) is 13.2 Å². The van der Waals surface area contributed by atoms with Crippen molar-refractivity contribution < 1.29 is 33.8 Å². The molecule has 8 heteroatoms. The first-order valence-electron chi connectivity index (χ1n) is 11.1. The molecule has 0 amide bonds. The van der Waals surface area contributed by atoms with Crippen LogP contribution in [0.1, 0.15) is 71.1 Å². The van der Waals surface area contributed by atoms with Gasteiger partial charge in [-0.25, -0.2) is 4.57 Å². The minimum Gasteiger partial charge on any atom is -0.388 e. The van der Waals surface area contributed by atoms with Crippen molar-refractivity contribution in [3.63, 3.8) is 0 Å². The van der Waals surface area contributed by atoms with Crippen molar-refractivity contribution in [2.24, 2.45) is 0 Å². The number of allylic oxidation sites excluding steroid dienone is 8. The lowest BCUT2D eigenvalue weighted by Crippen LogP contribution is -2.25. The average Bonchev–Trinajstić information content (AvgIpc) is 2.72. The maximum absolute atomic E-state index is 10.5. The number of ether oxygens (including phenoxy) is 1. The molecule has 0 aromatic carbocycles. The fraction of sp³-hybridized carbons (Fsp3) is 0.652. The fourth-order valence-corrected chi connectivity index (χ4v) is 2.87. The van der Waals surface area contributed by atoms with Crippen molar-refractivity contribution in [3.8, 4) is 0 Å². The van der Waals surface area contributed by atoms with E-state index in [0.717, 1.165) is 32.1 Å². The number of hydrogen-bond donors (Lipinski definition) is 4. The number of aliphatic hydroxyl groups excluding tert-OH is 2. The average molecular weight is 461 g/mol. The first kappa shape index (κ1) is 29.9. The van der Waals surface area contributed by atoms with Gasteiger partial charge in [-0.1, -0.05) is 68.4 Å². The molecule has 180 valence electrons. The molecule has 0 spiro atoms. The maximum atomic E-state index is 10.5. The van der Waals surface area contributed by atoms with E-state index in [1.54, 1.807) is 0 Å². The monoisotopic (exact) mass is 460 g/mol. The van der Waals surface area contributed by atoms with Crippen LogP contribution in [-0.4, -0.2) is 45.6 Å². The highest BCUT2D eigenvalue weighted by molar-refractivity contribution is 7.46. The van der Waals surface area contributed by atoms with Crippen LogP contribution < -0.4 is 0 Å². The molecule has 0 saturated heterocycles. The summed E-state index contributed by atoms with van der Waals surface area (Å²) in [5.41, 5.74) is 0. The summed E-state index contributed by atoms with van der Waals surface area (Å²) in [5.74, 6) is 0. The Morgan fingerprint density at radius 1 is 0.774 bits per heavy atom. The Morgan fingerprint density at radius 2 is 1.29 bits per heavy atom. The molecule has 0 aliphatic carbocycles. The highest BCUT2D eigenvalue weighted by Gasteiger charge is 2.17. The quantitative estimate of drug-likeness (QED) is 0.0880. The van der Waals surface area contributed by atoms with Gasteiger partial charge in [-0.3, -0.25) is 4.52 Å². The van der Waals surface area contributed by atoms with Gasteiger partial charge >= 0.3 is 7.82 Å². The minimum atomic E-state index is -4.61. The molecule has 4 N–H and O–H groups in total. The molecule has 2 atom stereocenters. The molecular formula is C23H41O7P. The van der Waals surface area contributed by atoms with Gasteiger partial charge in [0.05, 0.1) is 13.2 Å². The lowest BCUT2D eigenvalue weighted by Gasteiger charge is -2.15. The van der Waals surface area contributed by atoms with E-state index in [1.165, 1.54) is 25.7 Å². The Bertz CT molecular complexity index is 566. The van der Waals surface area contributed by atoms with Gasteiger partial charge in [-0.15, -0.1) is 0 Å². The molecule has 0 rings (SSSR count). The second kappa shape index (κ2) is 20.8. The van der Waals surface area contributed by atoms with E-state index in [2.05, 4.69) is 60.1 Å². The Balaban J connectivity index is 3.59. The van der Waals surface area contributed by atoms with Gasteiger partial charge in [0.1, 0.15) is 6.10 Å². The van der Waals surface area contributed by atoms with E-state index in [9.17, 15) is 14.8 Å². The second-order valence-corrected chi connectivity index (χ2v) is 8.49. The topological polar surface area (TPSA) is 116 Å². The number of phosphoric ester groups is 1. The van der Waals surface area contributed by atoms with E-state index in [-0.39, 0.29) is 6.61 Å². The van der Waals surface area contributed by atoms with Crippen LogP contribution in [-0.2, 0) is 13.8 Å². The third-order valence-corrected chi connectivity index (χ3v) is 4.68. The molecule has 0 unspecified atom stereocenters. The number of unbranched alkanes of at least 4 members (excludes halogenated alkanes) is 4. The first-order chi connectivity index (χ1) is 14.8. The van der Waals surface area contributed by atoms with Crippen molar-refractivity contribution in [1.82, 2.24) is 0 Å². The third kappa shape index (κ3) is 25.1. The SMILES string of the molecule is CCCCC/C=C\C/C=C\C/C=C\C/C=C\CCC[C@@H](O)OC[C@@H](O)COP(=O)(O)O. The lowest BCUT2D eigenvalue weighted by molar-refractivity contribution is -0.129. The zero-order chi connectivity index (χ0) is 23.2. The molecule has 0 heterocycles. The van der Waals surface area contributed by atoms with Gasteiger partial charge < -0.3 is 24.7 Å². The normalized spacial score (nSPS) is 15.1. The highest BCUT2D eigenvalue weighted by Crippen LogP contribution is 2.35. The van der Waals surface area contributed by atoms with E-state index in [1.807, 2.05) is 0 Å². The summed E-state index contributed by atoms with van der Waals surface area (Å²) in [6.07, 6.45) is 24.8. The van der Waals surface area contributed by atoms with Crippen LogP contribution in [0.4, 0.5) is 0 Å². The first-order valence-corrected chi connectivity index (χ1v) is 12.7. The van der Waals surface area contributed by atoms with Crippen LogP contribution in [0.15, 0.2) is 48.6 Å². The Hall–Kier alpha value is -1.05. The van der Waals surface area contributed by atoms with E-state index in [4.69, 9.17) is 14.5 Å². The van der Waals surface area contributed by atoms with Crippen LogP contribution in [0.2, 0.25) is 0 Å². The fourth-order valence-electron chi connectivity index (χ4n) is 2.51. The largest absolute Gasteiger partial charge is 0.469 e. The van der Waals surface area contributed by atoms with Crippen molar-refractivity contribution in [3.05, 3.63) is 48.6 Å². The molecular weight excluding hydrogens is 419 g/mol. The van der Waals surface area contributed by atoms with Gasteiger partial charge in [-0.05, 0) is 51.4 Å². The van der Waals surface area contributed by atoms with Gasteiger partial charge in [0, 0.05) is 0 Å². The summed E-state index contributed by atoms with van der Waals surface area (Å²) < 4.78 is 19.7. The van der Waals surface area contributed by atoms with Crippen LogP contribution >= 0.6 is 7.82 Å². The zero-order valence-electron chi connectivity index (χ0n) is 18.7. The summed E-state index contributed by atoms with van der Waals surface area (Å²) in [7, 11) is -4.61. The molecule has 31 heavy (non-hydrogen) atoms. The van der Waals surface area contributed by atoms with Gasteiger partial charge in [0.15, 0.2) is 6.29 Å². The van der Waals surface area contributed by atoms with Gasteiger partial charge in [0.25, 0.3) is 0 Å². The highest BCUT2D eigenvalue weighted by atomic mass is 31.2. The predicted octanol–water partition coefficient (Wildman–Crippen LogP) is 4.94. The van der Waals surface area contributed by atoms with Crippen LogP contribution in [0, 0.1) is 0 Å². The van der Waals surface area contributed by atoms with Gasteiger partial charge in [-0.2, -0.15) is 0 Å². The predicted molar refractivity (Wildman–Crippen MR) is 124 cm³/mol. The summed E-state index contributed by atoms with van der Waals surface area (Å²) >= 11 is 0. The molecule has 0 aromatic rings. The van der Waals surface area contributed by atoms with Crippen LogP contribution in [0.25, 0.3) is 0 Å². The van der Waals surface area contributed by atoms with E-state index >= 15 is 0 Å². The Labute approximate surface area is 187 Å². The Morgan fingerprint density at radius 3 is 1.81 bits per heavy atom. The summed E-state index contributed by atoms with van der Waals surface area (Å²) in [6.45, 7) is 1.40. The van der Waals surface area contributed by atoms with E-state index in [0.29, 0.717) is 6.42 Å². The molecule has 0 saturated carbocycles. The summed E-state index contributed by atoms with van der Waals surface area (Å²) in [4.78, 5) is 17.1. The lowest BCUT2D eigenvalue weighted by atomic mass is 10.2. The molecule has 7 nitrogen and oxygen atoms in total. The smallest absolute Gasteiger partial charge is 0.388 e. The Kier molecular flexibility index (Phi) is 20.1. The van der Waals surface area contributed by atoms with Crippen molar-refractivity contribution in [1.29, 1.82) is 0 Å². The zero-order valence-corrected chi connectivity index (χ0v) is 19.6. The number of rotatable bonds is 20. The number of aliphatic hydroxyl groups is 2. The molecule has 0 fully saturated rings. The summed E-state index contributed by atoms with van der Waals surface area (Å²) in [5, 5.41) is 19.1. The van der Waals surface area contributed by atoms with Gasteiger partial charge in [0.2, 0.25) is 0 Å². The molecule has 0 aliphatic heterocycles. The molecule has 0 aromatic heterocycles.